The van der Waals surface area contributed by atoms with Crippen LogP contribution in [0.4, 0.5) is 4.39 Å². The lowest BCUT2D eigenvalue weighted by atomic mass is 9.98. The van der Waals surface area contributed by atoms with Crippen molar-refractivity contribution < 1.29 is 4.39 Å². The van der Waals surface area contributed by atoms with Crippen molar-refractivity contribution in [3.63, 3.8) is 0 Å². The summed E-state index contributed by atoms with van der Waals surface area (Å²) in [5, 5.41) is 3.76. The Labute approximate surface area is 88.1 Å². The second-order valence-corrected chi connectivity index (χ2v) is 4.99. The first kappa shape index (κ1) is 9.99. The van der Waals surface area contributed by atoms with Crippen LogP contribution in [-0.4, -0.2) is 12.3 Å². The molecule has 1 nitrogen and oxygen atoms in total. The molecule has 3 heteroatoms. The largest absolute Gasteiger partial charge is 0.312 e. The smallest absolute Gasteiger partial charge is 0.123 e. The van der Waals surface area contributed by atoms with Crippen LogP contribution >= 0.6 is 11.8 Å². The van der Waals surface area contributed by atoms with E-state index in [-0.39, 0.29) is 11.9 Å². The van der Waals surface area contributed by atoms with Gasteiger partial charge >= 0.3 is 0 Å². The van der Waals surface area contributed by atoms with Gasteiger partial charge in [-0.2, -0.15) is 11.8 Å². The minimum absolute atomic E-state index is 0.136. The highest BCUT2D eigenvalue weighted by Crippen LogP contribution is 2.37. The highest BCUT2D eigenvalue weighted by atomic mass is 32.2. The fraction of sp³-hybridized carbons (Fsp3) is 0.455. The van der Waals surface area contributed by atoms with Crippen LogP contribution in [0, 0.1) is 5.82 Å². The average molecular weight is 211 g/mol. The molecule has 0 aromatic heterocycles. The van der Waals surface area contributed by atoms with Crippen LogP contribution in [-0.2, 0) is 5.75 Å². The molecule has 0 radical (unpaired) electrons. The zero-order valence-electron chi connectivity index (χ0n) is 8.38. The fourth-order valence-corrected chi connectivity index (χ4v) is 3.13. The summed E-state index contributed by atoms with van der Waals surface area (Å²) in [6.07, 6.45) is 0. The summed E-state index contributed by atoms with van der Waals surface area (Å²) in [5.41, 5.74) is 2.38. The van der Waals surface area contributed by atoms with Crippen molar-refractivity contribution in [2.45, 2.75) is 24.0 Å². The van der Waals surface area contributed by atoms with Gasteiger partial charge < -0.3 is 5.32 Å². The van der Waals surface area contributed by atoms with E-state index in [1.54, 1.807) is 12.1 Å². The molecule has 0 aliphatic carbocycles. The van der Waals surface area contributed by atoms with Gasteiger partial charge in [-0.25, -0.2) is 4.39 Å². The fourth-order valence-electron chi connectivity index (χ4n) is 1.95. The molecule has 76 valence electrons. The Morgan fingerprint density at radius 3 is 3.00 bits per heavy atom. The maximum atomic E-state index is 13.1. The molecule has 0 spiro atoms. The van der Waals surface area contributed by atoms with Crippen molar-refractivity contribution >= 4 is 11.8 Å². The molecule has 0 bridgehead atoms. The maximum absolute atomic E-state index is 13.1. The highest BCUT2D eigenvalue weighted by Gasteiger charge is 2.25. The topological polar surface area (TPSA) is 12.0 Å². The zero-order chi connectivity index (χ0) is 10.1. The second kappa shape index (κ2) is 3.91. The second-order valence-electron chi connectivity index (χ2n) is 3.63. The van der Waals surface area contributed by atoms with Gasteiger partial charge in [-0.3, -0.25) is 0 Å². The van der Waals surface area contributed by atoms with E-state index < -0.39 is 0 Å². The monoisotopic (exact) mass is 211 g/mol. The molecule has 14 heavy (non-hydrogen) atoms. The van der Waals surface area contributed by atoms with Crippen LogP contribution in [0.25, 0.3) is 0 Å². The summed E-state index contributed by atoms with van der Waals surface area (Å²) in [4.78, 5) is 0. The third-order valence-corrected chi connectivity index (χ3v) is 4.00. The normalized spacial score (nSPS) is 25.9. The van der Waals surface area contributed by atoms with E-state index in [1.165, 1.54) is 5.56 Å². The lowest BCUT2D eigenvalue weighted by Gasteiger charge is -2.30. The molecule has 1 N–H and O–H groups in total. The molecule has 1 aromatic rings. The molecule has 2 rings (SSSR count). The van der Waals surface area contributed by atoms with E-state index in [4.69, 9.17) is 0 Å². The Balaban J connectivity index is 2.43. The molecular weight excluding hydrogens is 197 g/mol. The van der Waals surface area contributed by atoms with E-state index >= 15 is 0 Å². The van der Waals surface area contributed by atoms with Crippen molar-refractivity contribution in [2.75, 3.05) is 7.05 Å². The van der Waals surface area contributed by atoms with Gasteiger partial charge in [-0.05, 0) is 30.3 Å². The molecule has 1 aliphatic heterocycles. The van der Waals surface area contributed by atoms with Crippen LogP contribution in [0.5, 0.6) is 0 Å². The van der Waals surface area contributed by atoms with Crippen molar-refractivity contribution in [3.8, 4) is 0 Å². The summed E-state index contributed by atoms with van der Waals surface area (Å²) >= 11 is 1.91. The number of rotatable bonds is 1. The molecule has 0 fully saturated rings. The Bertz CT molecular complexity index is 340. The van der Waals surface area contributed by atoms with Crippen molar-refractivity contribution in [1.82, 2.24) is 5.32 Å². The molecule has 2 unspecified atom stereocenters. The Morgan fingerprint density at radius 2 is 2.29 bits per heavy atom. The highest BCUT2D eigenvalue weighted by molar-refractivity contribution is 7.99. The van der Waals surface area contributed by atoms with Gasteiger partial charge in [0, 0.05) is 17.0 Å². The summed E-state index contributed by atoms with van der Waals surface area (Å²) in [6.45, 7) is 2.18. The van der Waals surface area contributed by atoms with E-state index in [9.17, 15) is 4.39 Å². The summed E-state index contributed by atoms with van der Waals surface area (Å²) in [7, 11) is 1.93. The lowest BCUT2D eigenvalue weighted by molar-refractivity contribution is 0.566. The third kappa shape index (κ3) is 1.66. The van der Waals surface area contributed by atoms with E-state index in [0.717, 1.165) is 11.3 Å². The zero-order valence-corrected chi connectivity index (χ0v) is 9.20. The summed E-state index contributed by atoms with van der Waals surface area (Å²) < 4.78 is 13.1. The molecule has 0 saturated heterocycles. The van der Waals surface area contributed by atoms with Gasteiger partial charge in [0.15, 0.2) is 0 Å². The molecule has 1 aliphatic rings. The van der Waals surface area contributed by atoms with Crippen molar-refractivity contribution in [1.29, 1.82) is 0 Å². The van der Waals surface area contributed by atoms with Gasteiger partial charge in [-0.1, -0.05) is 13.0 Å². The predicted octanol–water partition coefficient (Wildman–Crippen LogP) is 2.72. The van der Waals surface area contributed by atoms with Gasteiger partial charge in [0.05, 0.1) is 0 Å². The van der Waals surface area contributed by atoms with Crippen LogP contribution in [0.15, 0.2) is 18.2 Å². The Hall–Kier alpha value is -0.540. The van der Waals surface area contributed by atoms with Crippen molar-refractivity contribution in [2.24, 2.45) is 0 Å². The van der Waals surface area contributed by atoms with Crippen LogP contribution < -0.4 is 5.32 Å². The number of hydrogen-bond acceptors (Lipinski definition) is 2. The summed E-state index contributed by atoms with van der Waals surface area (Å²) in [5.74, 6) is 0.859. The Morgan fingerprint density at radius 1 is 1.50 bits per heavy atom. The van der Waals surface area contributed by atoms with Crippen LogP contribution in [0.1, 0.15) is 24.1 Å². The van der Waals surface area contributed by atoms with Crippen molar-refractivity contribution in [3.05, 3.63) is 35.1 Å². The quantitative estimate of drug-likeness (QED) is 0.766. The van der Waals surface area contributed by atoms with E-state index in [2.05, 4.69) is 12.2 Å². The number of hydrogen-bond donors (Lipinski definition) is 1. The number of nitrogens with one attached hydrogen (secondary N) is 1. The van der Waals surface area contributed by atoms with Gasteiger partial charge in [-0.15, -0.1) is 0 Å². The third-order valence-electron chi connectivity index (χ3n) is 2.73. The molecule has 0 amide bonds. The minimum atomic E-state index is -0.136. The van der Waals surface area contributed by atoms with E-state index in [1.807, 2.05) is 24.9 Å². The standard InChI is InChI=1S/C11H14FNS/c1-7-11(13-2)10-5-9(12)4-3-8(10)6-14-7/h3-5,7,11,13H,6H2,1-2H3. The lowest BCUT2D eigenvalue weighted by Crippen LogP contribution is -2.29. The predicted molar refractivity (Wildman–Crippen MR) is 59.0 cm³/mol. The maximum Gasteiger partial charge on any atom is 0.123 e. The molecule has 1 heterocycles. The number of thioether (sulfide) groups is 1. The molecule has 0 saturated carbocycles. The molecule has 1 aromatic carbocycles. The van der Waals surface area contributed by atoms with Gasteiger partial charge in [0.2, 0.25) is 0 Å². The van der Waals surface area contributed by atoms with Gasteiger partial charge in [0.25, 0.3) is 0 Å². The number of benzene rings is 1. The first-order valence-corrected chi connectivity index (χ1v) is 5.84. The SMILES string of the molecule is CNC1c2cc(F)ccc2CSC1C. The minimum Gasteiger partial charge on any atom is -0.312 e. The first-order chi connectivity index (χ1) is 6.72. The molecular formula is C11H14FNS. The number of halogens is 1. The van der Waals surface area contributed by atoms with Crippen LogP contribution in [0.2, 0.25) is 0 Å². The Kier molecular flexibility index (Phi) is 2.79. The average Bonchev–Trinajstić information content (AvgIpc) is 2.17. The van der Waals surface area contributed by atoms with Gasteiger partial charge in [0.1, 0.15) is 5.82 Å². The number of fused-ring (bicyclic) bond motifs is 1. The molecule has 2 atom stereocenters. The first-order valence-electron chi connectivity index (χ1n) is 4.79. The van der Waals surface area contributed by atoms with Crippen LogP contribution in [0.3, 0.4) is 0 Å². The summed E-state index contributed by atoms with van der Waals surface area (Å²) in [6, 6.07) is 5.38. The van der Waals surface area contributed by atoms with E-state index in [0.29, 0.717) is 5.25 Å².